The minimum Gasteiger partial charge on any atom is -0.480 e. The molecule has 0 aliphatic heterocycles. The van der Waals surface area contributed by atoms with Crippen molar-refractivity contribution in [2.75, 3.05) is 6.54 Å². The summed E-state index contributed by atoms with van der Waals surface area (Å²) < 4.78 is 0. The number of aromatic amines is 1. The van der Waals surface area contributed by atoms with E-state index in [2.05, 4.69) is 9.97 Å². The second-order valence-electron chi connectivity index (χ2n) is 4.92. The molecule has 1 heterocycles. The number of rotatable bonds is 5. The van der Waals surface area contributed by atoms with Gasteiger partial charge in [0.15, 0.2) is 0 Å². The van der Waals surface area contributed by atoms with Crippen molar-refractivity contribution in [3.63, 3.8) is 0 Å². The fourth-order valence-corrected chi connectivity index (χ4v) is 1.96. The maximum atomic E-state index is 12.0. The molecular weight excluding hydrogens is 258 g/mol. The zero-order chi connectivity index (χ0) is 14.7. The molecule has 0 fully saturated rings. The Morgan fingerprint density at radius 2 is 2.10 bits per heavy atom. The summed E-state index contributed by atoms with van der Waals surface area (Å²) in [7, 11) is 0. The van der Waals surface area contributed by atoms with Crippen LogP contribution < -0.4 is 5.56 Å². The first kappa shape index (κ1) is 14.2. The van der Waals surface area contributed by atoms with E-state index in [1.165, 1.54) is 0 Å². The highest BCUT2D eigenvalue weighted by Gasteiger charge is 2.16. The Kier molecular flexibility index (Phi) is 4.14. The number of carbonyl (C=O) groups is 1. The molecule has 0 amide bonds. The Balaban J connectivity index is 2.34. The number of hydrogen-bond acceptors (Lipinski definition) is 4. The molecule has 0 aliphatic rings. The quantitative estimate of drug-likeness (QED) is 0.856. The molecule has 1 aromatic carbocycles. The predicted molar refractivity (Wildman–Crippen MR) is 75.5 cm³/mol. The van der Waals surface area contributed by atoms with E-state index in [0.29, 0.717) is 16.7 Å². The Morgan fingerprint density at radius 3 is 2.75 bits per heavy atom. The number of aliphatic carboxylic acids is 1. The van der Waals surface area contributed by atoms with Crippen LogP contribution in [0.5, 0.6) is 0 Å². The molecule has 0 bridgehead atoms. The summed E-state index contributed by atoms with van der Waals surface area (Å²) in [5.74, 6) is -0.920. The largest absolute Gasteiger partial charge is 0.480 e. The fraction of sp³-hybridized carbons (Fsp3) is 0.357. The molecule has 0 atom stereocenters. The molecule has 2 N–H and O–H groups in total. The fourth-order valence-electron chi connectivity index (χ4n) is 1.96. The summed E-state index contributed by atoms with van der Waals surface area (Å²) in [4.78, 5) is 31.6. The first-order valence-electron chi connectivity index (χ1n) is 6.41. The number of carboxylic acids is 1. The molecule has 0 saturated heterocycles. The molecule has 6 heteroatoms. The van der Waals surface area contributed by atoms with E-state index in [1.54, 1.807) is 11.0 Å². The molecule has 0 radical (unpaired) electrons. The average Bonchev–Trinajstić information content (AvgIpc) is 2.38. The highest BCUT2D eigenvalue weighted by molar-refractivity contribution is 5.73. The lowest BCUT2D eigenvalue weighted by atomic mass is 10.2. The van der Waals surface area contributed by atoms with Gasteiger partial charge in [0.05, 0.1) is 17.6 Å². The van der Waals surface area contributed by atoms with Crippen LogP contribution in [-0.2, 0) is 11.3 Å². The van der Waals surface area contributed by atoms with Crippen molar-refractivity contribution >= 4 is 17.0 Å². The van der Waals surface area contributed by atoms with E-state index in [-0.39, 0.29) is 24.7 Å². The molecule has 106 valence electrons. The topological polar surface area (TPSA) is 86.3 Å². The first-order chi connectivity index (χ1) is 9.47. The molecule has 0 spiro atoms. The van der Waals surface area contributed by atoms with Crippen LogP contribution in [0.15, 0.2) is 29.1 Å². The van der Waals surface area contributed by atoms with Gasteiger partial charge >= 0.3 is 5.97 Å². The van der Waals surface area contributed by atoms with Crippen molar-refractivity contribution < 1.29 is 9.90 Å². The Bertz CT molecular complexity index is 679. The second kappa shape index (κ2) is 5.83. The van der Waals surface area contributed by atoms with Gasteiger partial charge in [-0.15, -0.1) is 0 Å². The van der Waals surface area contributed by atoms with Crippen molar-refractivity contribution in [2.24, 2.45) is 0 Å². The predicted octanol–water partition coefficient (Wildman–Crippen LogP) is 1.22. The van der Waals surface area contributed by atoms with Crippen LogP contribution in [0.2, 0.25) is 0 Å². The van der Waals surface area contributed by atoms with Crippen LogP contribution in [0.25, 0.3) is 11.0 Å². The average molecular weight is 275 g/mol. The van der Waals surface area contributed by atoms with Gasteiger partial charge in [0.1, 0.15) is 5.69 Å². The van der Waals surface area contributed by atoms with E-state index in [9.17, 15) is 9.59 Å². The van der Waals surface area contributed by atoms with Gasteiger partial charge in [-0.3, -0.25) is 14.5 Å². The zero-order valence-electron chi connectivity index (χ0n) is 11.5. The van der Waals surface area contributed by atoms with Crippen molar-refractivity contribution in [1.29, 1.82) is 0 Å². The summed E-state index contributed by atoms with van der Waals surface area (Å²) in [5, 5.41) is 8.90. The molecule has 0 unspecified atom stereocenters. The van der Waals surface area contributed by atoms with E-state index in [1.807, 2.05) is 32.0 Å². The van der Waals surface area contributed by atoms with Crippen LogP contribution >= 0.6 is 0 Å². The summed E-state index contributed by atoms with van der Waals surface area (Å²) in [6.07, 6.45) is 0. The van der Waals surface area contributed by atoms with Crippen LogP contribution in [0, 0.1) is 0 Å². The number of nitrogens with zero attached hydrogens (tertiary/aromatic N) is 2. The maximum Gasteiger partial charge on any atom is 0.317 e. The molecular formula is C14H17N3O3. The normalized spacial score (nSPS) is 11.4. The van der Waals surface area contributed by atoms with Crippen LogP contribution in [0.3, 0.4) is 0 Å². The molecule has 2 rings (SSSR count). The van der Waals surface area contributed by atoms with Crippen LogP contribution in [0.1, 0.15) is 19.5 Å². The lowest BCUT2D eigenvalue weighted by Crippen LogP contribution is -2.37. The van der Waals surface area contributed by atoms with E-state index in [4.69, 9.17) is 5.11 Å². The number of aromatic nitrogens is 2. The summed E-state index contributed by atoms with van der Waals surface area (Å²) in [6.45, 7) is 3.87. The zero-order valence-corrected chi connectivity index (χ0v) is 11.5. The monoisotopic (exact) mass is 275 g/mol. The Hall–Kier alpha value is -2.21. The number of para-hydroxylation sites is 2. The van der Waals surface area contributed by atoms with Crippen molar-refractivity contribution in [3.05, 3.63) is 40.3 Å². The summed E-state index contributed by atoms with van der Waals surface area (Å²) in [5.41, 5.74) is 1.43. The second-order valence-corrected chi connectivity index (χ2v) is 4.92. The maximum absolute atomic E-state index is 12.0. The van der Waals surface area contributed by atoms with Crippen LogP contribution in [-0.4, -0.2) is 38.5 Å². The van der Waals surface area contributed by atoms with E-state index < -0.39 is 5.97 Å². The third kappa shape index (κ3) is 3.21. The Labute approximate surface area is 116 Å². The smallest absolute Gasteiger partial charge is 0.317 e. The highest BCUT2D eigenvalue weighted by Crippen LogP contribution is 2.08. The van der Waals surface area contributed by atoms with Gasteiger partial charge < -0.3 is 10.1 Å². The lowest BCUT2D eigenvalue weighted by Gasteiger charge is -2.23. The molecule has 20 heavy (non-hydrogen) atoms. The van der Waals surface area contributed by atoms with E-state index in [0.717, 1.165) is 0 Å². The number of hydrogen-bond donors (Lipinski definition) is 2. The number of H-pyrrole nitrogens is 1. The van der Waals surface area contributed by atoms with Gasteiger partial charge in [-0.2, -0.15) is 0 Å². The third-order valence-corrected chi connectivity index (χ3v) is 3.09. The minimum absolute atomic E-state index is 0.0128. The SMILES string of the molecule is CC(C)N(CC(=O)O)Cc1nc2ccccc2[nH]c1=O. The first-order valence-corrected chi connectivity index (χ1v) is 6.41. The van der Waals surface area contributed by atoms with Crippen LogP contribution in [0.4, 0.5) is 0 Å². The number of carboxylic acid groups (broad SMARTS) is 1. The molecule has 2 aromatic rings. The van der Waals surface area contributed by atoms with Gasteiger partial charge in [-0.1, -0.05) is 12.1 Å². The molecule has 6 nitrogen and oxygen atoms in total. The molecule has 0 aliphatic carbocycles. The highest BCUT2D eigenvalue weighted by atomic mass is 16.4. The Morgan fingerprint density at radius 1 is 1.40 bits per heavy atom. The van der Waals surface area contributed by atoms with Crippen molar-refractivity contribution in [3.8, 4) is 0 Å². The molecule has 1 aromatic heterocycles. The van der Waals surface area contributed by atoms with Gasteiger partial charge in [-0.05, 0) is 26.0 Å². The summed E-state index contributed by atoms with van der Waals surface area (Å²) in [6, 6.07) is 7.27. The van der Waals surface area contributed by atoms with Gasteiger partial charge in [0.25, 0.3) is 5.56 Å². The number of fused-ring (bicyclic) bond motifs is 1. The van der Waals surface area contributed by atoms with Gasteiger partial charge in [0, 0.05) is 12.6 Å². The number of nitrogens with one attached hydrogen (secondary N) is 1. The minimum atomic E-state index is -0.920. The molecule has 0 saturated carbocycles. The van der Waals surface area contributed by atoms with Gasteiger partial charge in [0.2, 0.25) is 0 Å². The van der Waals surface area contributed by atoms with Crippen molar-refractivity contribution in [1.82, 2.24) is 14.9 Å². The van der Waals surface area contributed by atoms with E-state index >= 15 is 0 Å². The summed E-state index contributed by atoms with van der Waals surface area (Å²) >= 11 is 0. The lowest BCUT2D eigenvalue weighted by molar-refractivity contribution is -0.139. The standard InChI is InChI=1S/C14H17N3O3/c1-9(2)17(8-13(18)19)7-12-14(20)16-11-6-4-3-5-10(11)15-12/h3-6,9H,7-8H2,1-2H3,(H,16,20)(H,18,19). The van der Waals surface area contributed by atoms with Crippen molar-refractivity contribution in [2.45, 2.75) is 26.4 Å². The number of benzene rings is 1. The van der Waals surface area contributed by atoms with Gasteiger partial charge in [-0.25, -0.2) is 4.98 Å². The third-order valence-electron chi connectivity index (χ3n) is 3.09.